The Kier molecular flexibility index (Phi) is 2.56. The molecule has 1 saturated carbocycles. The summed E-state index contributed by atoms with van der Waals surface area (Å²) in [6.07, 6.45) is 3.68. The van der Waals surface area contributed by atoms with Gasteiger partial charge in [0.15, 0.2) is 5.11 Å². The van der Waals surface area contributed by atoms with Gasteiger partial charge >= 0.3 is 0 Å². The molecular weight excluding hydrogens is 216 g/mol. The maximum absolute atomic E-state index is 5.43. The van der Waals surface area contributed by atoms with E-state index in [1.54, 1.807) is 0 Å². The molecule has 1 fully saturated rings. The van der Waals surface area contributed by atoms with E-state index in [4.69, 9.17) is 12.2 Å². The molecule has 84 valence electrons. The zero-order valence-electron chi connectivity index (χ0n) is 9.28. The molecule has 1 aromatic carbocycles. The summed E-state index contributed by atoms with van der Waals surface area (Å²) in [7, 11) is 0. The highest BCUT2D eigenvalue weighted by Gasteiger charge is 2.25. The van der Waals surface area contributed by atoms with Crippen molar-refractivity contribution in [3.05, 3.63) is 35.4 Å². The quantitative estimate of drug-likeness (QED) is 0.746. The Morgan fingerprint density at radius 1 is 1.25 bits per heavy atom. The van der Waals surface area contributed by atoms with Gasteiger partial charge in [-0.2, -0.15) is 0 Å². The number of nitrogens with one attached hydrogen (secondary N) is 1. The number of nitrogens with zero attached hydrogens (tertiary/aromatic N) is 1. The minimum Gasteiger partial charge on any atom is -0.360 e. The first kappa shape index (κ1) is 10.1. The molecule has 0 saturated heterocycles. The summed E-state index contributed by atoms with van der Waals surface area (Å²) in [5.41, 5.74) is 2.90. The van der Waals surface area contributed by atoms with Gasteiger partial charge in [0.25, 0.3) is 0 Å². The van der Waals surface area contributed by atoms with E-state index in [-0.39, 0.29) is 0 Å². The molecule has 0 aromatic heterocycles. The highest BCUT2D eigenvalue weighted by Crippen LogP contribution is 2.21. The van der Waals surface area contributed by atoms with E-state index >= 15 is 0 Å². The molecule has 1 aliphatic carbocycles. The zero-order chi connectivity index (χ0) is 11.0. The van der Waals surface area contributed by atoms with Crippen LogP contribution in [0.1, 0.15) is 24.0 Å². The molecule has 1 heterocycles. The van der Waals surface area contributed by atoms with Gasteiger partial charge < -0.3 is 10.2 Å². The normalized spacial score (nSPS) is 19.1. The van der Waals surface area contributed by atoms with E-state index in [2.05, 4.69) is 34.5 Å². The lowest BCUT2D eigenvalue weighted by atomic mass is 10.0. The summed E-state index contributed by atoms with van der Waals surface area (Å²) in [6.45, 7) is 2.02. The fourth-order valence-corrected chi connectivity index (χ4v) is 2.49. The summed E-state index contributed by atoms with van der Waals surface area (Å²) < 4.78 is 0. The van der Waals surface area contributed by atoms with E-state index in [1.807, 2.05) is 0 Å². The number of hydrogen-bond acceptors (Lipinski definition) is 1. The molecular formula is C13H16N2S. The highest BCUT2D eigenvalue weighted by atomic mass is 32.1. The highest BCUT2D eigenvalue weighted by molar-refractivity contribution is 7.80. The maximum Gasteiger partial charge on any atom is 0.169 e. The molecule has 0 atom stereocenters. The van der Waals surface area contributed by atoms with Crippen LogP contribution in [0.25, 0.3) is 0 Å². The Hall–Kier alpha value is -1.09. The van der Waals surface area contributed by atoms with E-state index in [9.17, 15) is 0 Å². The predicted octanol–water partition coefficient (Wildman–Crippen LogP) is 2.08. The SMILES string of the molecule is S=C(NC1CC1)N1CCc2ccccc2C1. The van der Waals surface area contributed by atoms with Crippen LogP contribution in [0, 0.1) is 0 Å². The Labute approximate surface area is 102 Å². The number of thiocarbonyl (C=S) groups is 1. The van der Waals surface area contributed by atoms with Gasteiger partial charge in [0, 0.05) is 19.1 Å². The molecule has 1 aromatic rings. The van der Waals surface area contributed by atoms with Crippen LogP contribution in [0.5, 0.6) is 0 Å². The van der Waals surface area contributed by atoms with Crippen molar-refractivity contribution in [2.45, 2.75) is 31.8 Å². The molecule has 0 unspecified atom stereocenters. The number of hydrogen-bond donors (Lipinski definition) is 1. The van der Waals surface area contributed by atoms with Gasteiger partial charge in [0.2, 0.25) is 0 Å². The van der Waals surface area contributed by atoms with Crippen molar-refractivity contribution < 1.29 is 0 Å². The first-order valence-electron chi connectivity index (χ1n) is 5.95. The van der Waals surface area contributed by atoms with Crippen LogP contribution in [0.3, 0.4) is 0 Å². The van der Waals surface area contributed by atoms with Crippen LogP contribution in [0.15, 0.2) is 24.3 Å². The minimum atomic E-state index is 0.657. The van der Waals surface area contributed by atoms with E-state index in [0.29, 0.717) is 6.04 Å². The van der Waals surface area contributed by atoms with E-state index in [0.717, 1.165) is 24.6 Å². The van der Waals surface area contributed by atoms with Gasteiger partial charge in [-0.1, -0.05) is 24.3 Å². The number of rotatable bonds is 1. The van der Waals surface area contributed by atoms with Crippen molar-refractivity contribution in [1.82, 2.24) is 10.2 Å². The molecule has 1 N–H and O–H groups in total. The van der Waals surface area contributed by atoms with Crippen molar-refractivity contribution in [2.24, 2.45) is 0 Å². The molecule has 0 amide bonds. The van der Waals surface area contributed by atoms with Crippen LogP contribution < -0.4 is 5.32 Å². The molecule has 2 aliphatic rings. The largest absolute Gasteiger partial charge is 0.360 e. The third-order valence-electron chi connectivity index (χ3n) is 3.32. The third kappa shape index (κ3) is 2.05. The molecule has 16 heavy (non-hydrogen) atoms. The first-order chi connectivity index (χ1) is 7.83. The molecule has 0 bridgehead atoms. The Morgan fingerprint density at radius 3 is 2.75 bits per heavy atom. The van der Waals surface area contributed by atoms with Crippen LogP contribution in [0.2, 0.25) is 0 Å². The van der Waals surface area contributed by atoms with Crippen molar-refractivity contribution in [3.8, 4) is 0 Å². The van der Waals surface area contributed by atoms with Crippen LogP contribution in [0.4, 0.5) is 0 Å². The summed E-state index contributed by atoms with van der Waals surface area (Å²) in [6, 6.07) is 9.32. The lowest BCUT2D eigenvalue weighted by Crippen LogP contribution is -2.43. The molecule has 0 spiro atoms. The second-order valence-electron chi connectivity index (χ2n) is 4.66. The second kappa shape index (κ2) is 4.06. The minimum absolute atomic E-state index is 0.657. The average Bonchev–Trinajstić information content (AvgIpc) is 3.12. The second-order valence-corrected chi connectivity index (χ2v) is 5.05. The Balaban J connectivity index is 1.69. The first-order valence-corrected chi connectivity index (χ1v) is 6.36. The summed E-state index contributed by atoms with van der Waals surface area (Å²) in [5.74, 6) is 0. The lowest BCUT2D eigenvalue weighted by molar-refractivity contribution is 0.387. The van der Waals surface area contributed by atoms with Crippen molar-refractivity contribution >= 4 is 17.3 Å². The third-order valence-corrected chi connectivity index (χ3v) is 3.70. The molecule has 0 radical (unpaired) electrons. The van der Waals surface area contributed by atoms with Crippen LogP contribution in [-0.2, 0) is 13.0 Å². The van der Waals surface area contributed by atoms with E-state index in [1.165, 1.54) is 24.0 Å². The predicted molar refractivity (Wildman–Crippen MR) is 69.3 cm³/mol. The fraction of sp³-hybridized carbons (Fsp3) is 0.462. The average molecular weight is 232 g/mol. The summed E-state index contributed by atoms with van der Waals surface area (Å²) in [5, 5.41) is 4.35. The number of fused-ring (bicyclic) bond motifs is 1. The van der Waals surface area contributed by atoms with Gasteiger partial charge in [0.05, 0.1) is 0 Å². The molecule has 3 rings (SSSR count). The fourth-order valence-electron chi connectivity index (χ4n) is 2.16. The van der Waals surface area contributed by atoms with Crippen molar-refractivity contribution in [2.75, 3.05) is 6.54 Å². The molecule has 1 aliphatic heterocycles. The van der Waals surface area contributed by atoms with E-state index < -0.39 is 0 Å². The van der Waals surface area contributed by atoms with Crippen molar-refractivity contribution in [3.63, 3.8) is 0 Å². The smallest absolute Gasteiger partial charge is 0.169 e. The maximum atomic E-state index is 5.43. The van der Waals surface area contributed by atoms with Gasteiger partial charge in [-0.25, -0.2) is 0 Å². The van der Waals surface area contributed by atoms with Gasteiger partial charge in [0.1, 0.15) is 0 Å². The number of benzene rings is 1. The van der Waals surface area contributed by atoms with Crippen molar-refractivity contribution in [1.29, 1.82) is 0 Å². The standard InChI is InChI=1S/C13H16N2S/c16-13(14-12-5-6-12)15-8-7-10-3-1-2-4-11(10)9-15/h1-4,12H,5-9H2,(H,14,16). The summed E-state index contributed by atoms with van der Waals surface area (Å²) in [4.78, 5) is 2.29. The monoisotopic (exact) mass is 232 g/mol. The summed E-state index contributed by atoms with van der Waals surface area (Å²) >= 11 is 5.43. The Morgan fingerprint density at radius 2 is 2.00 bits per heavy atom. The van der Waals surface area contributed by atoms with Gasteiger partial charge in [-0.3, -0.25) is 0 Å². The van der Waals surface area contributed by atoms with Gasteiger partial charge in [-0.15, -0.1) is 0 Å². The van der Waals surface area contributed by atoms with Crippen LogP contribution in [-0.4, -0.2) is 22.6 Å². The van der Waals surface area contributed by atoms with Gasteiger partial charge in [-0.05, 0) is 42.6 Å². The Bertz CT molecular complexity index is 412. The molecule has 2 nitrogen and oxygen atoms in total. The lowest BCUT2D eigenvalue weighted by Gasteiger charge is -2.31. The van der Waals surface area contributed by atoms with Crippen LogP contribution >= 0.6 is 12.2 Å². The molecule has 3 heteroatoms. The topological polar surface area (TPSA) is 15.3 Å². The zero-order valence-corrected chi connectivity index (χ0v) is 10.1.